The van der Waals surface area contributed by atoms with Crippen LogP contribution in [0.4, 0.5) is 0 Å². The maximum absolute atomic E-state index is 5.75. The maximum Gasteiger partial charge on any atom is 0.118 e. The Labute approximate surface area is 130 Å². The van der Waals surface area contributed by atoms with Gasteiger partial charge in [0.15, 0.2) is 0 Å². The number of hydrogen-bond donors (Lipinski definition) is 1. The topological polar surface area (TPSA) is 53.1 Å². The summed E-state index contributed by atoms with van der Waals surface area (Å²) in [6.07, 6.45) is 0. The number of methoxy groups -OCH3 is 1. The molecule has 0 unspecified atom stereocenters. The molecule has 0 saturated heterocycles. The Morgan fingerprint density at radius 1 is 1.05 bits per heavy atom. The molecular formula is C18H19N3O. The predicted molar refractivity (Wildman–Crippen MR) is 87.7 cm³/mol. The van der Waals surface area contributed by atoms with Crippen molar-refractivity contribution in [2.75, 3.05) is 7.11 Å². The summed E-state index contributed by atoms with van der Waals surface area (Å²) in [6, 6.07) is 20.3. The Morgan fingerprint density at radius 2 is 1.77 bits per heavy atom. The van der Waals surface area contributed by atoms with Gasteiger partial charge in [0.2, 0.25) is 0 Å². The first-order valence-corrected chi connectivity index (χ1v) is 7.25. The molecule has 0 radical (unpaired) electrons. The van der Waals surface area contributed by atoms with Crippen molar-refractivity contribution in [2.24, 2.45) is 5.73 Å². The van der Waals surface area contributed by atoms with Gasteiger partial charge in [-0.05, 0) is 35.9 Å². The molecule has 3 rings (SSSR count). The second-order valence-corrected chi connectivity index (χ2v) is 5.10. The van der Waals surface area contributed by atoms with E-state index in [0.29, 0.717) is 6.54 Å². The summed E-state index contributed by atoms with van der Waals surface area (Å²) in [5.74, 6) is 0.844. The normalized spacial score (nSPS) is 10.6. The summed E-state index contributed by atoms with van der Waals surface area (Å²) in [5.41, 5.74) is 10.0. The molecule has 0 spiro atoms. The van der Waals surface area contributed by atoms with Crippen LogP contribution < -0.4 is 10.5 Å². The molecule has 3 aromatic rings. The number of nitrogens with two attached hydrogens (primary N) is 1. The smallest absolute Gasteiger partial charge is 0.118 e. The molecule has 0 saturated carbocycles. The van der Waals surface area contributed by atoms with Gasteiger partial charge in [0.25, 0.3) is 0 Å². The third kappa shape index (κ3) is 3.02. The molecular weight excluding hydrogens is 274 g/mol. The van der Waals surface area contributed by atoms with Gasteiger partial charge in [-0.1, -0.05) is 30.3 Å². The van der Waals surface area contributed by atoms with Crippen molar-refractivity contribution >= 4 is 0 Å². The summed E-state index contributed by atoms with van der Waals surface area (Å²) < 4.78 is 7.21. The highest BCUT2D eigenvalue weighted by Gasteiger charge is 2.10. The molecule has 1 heterocycles. The lowest BCUT2D eigenvalue weighted by Gasteiger charge is -2.08. The molecule has 0 aliphatic heterocycles. The molecule has 0 aliphatic rings. The average Bonchev–Trinajstić information content (AvgIpc) is 2.99. The average molecular weight is 293 g/mol. The van der Waals surface area contributed by atoms with E-state index in [1.165, 1.54) is 5.56 Å². The van der Waals surface area contributed by atoms with Crippen molar-refractivity contribution in [3.63, 3.8) is 0 Å². The fourth-order valence-electron chi connectivity index (χ4n) is 2.44. The van der Waals surface area contributed by atoms with E-state index in [1.807, 2.05) is 53.2 Å². The molecule has 0 atom stereocenters. The molecule has 4 nitrogen and oxygen atoms in total. The van der Waals surface area contributed by atoms with Crippen molar-refractivity contribution in [3.05, 3.63) is 71.9 Å². The maximum atomic E-state index is 5.75. The van der Waals surface area contributed by atoms with Crippen LogP contribution in [0.15, 0.2) is 60.7 Å². The number of nitrogens with zero attached hydrogens (tertiary/aromatic N) is 2. The van der Waals surface area contributed by atoms with Crippen LogP contribution in [0.3, 0.4) is 0 Å². The highest BCUT2D eigenvalue weighted by atomic mass is 16.5. The van der Waals surface area contributed by atoms with Crippen LogP contribution in [0.1, 0.15) is 11.3 Å². The van der Waals surface area contributed by atoms with Gasteiger partial charge in [-0.15, -0.1) is 0 Å². The van der Waals surface area contributed by atoms with Gasteiger partial charge in [0.1, 0.15) is 5.75 Å². The minimum atomic E-state index is 0.435. The number of ether oxygens (including phenoxy) is 1. The highest BCUT2D eigenvalue weighted by molar-refractivity contribution is 5.61. The van der Waals surface area contributed by atoms with E-state index in [4.69, 9.17) is 10.5 Å². The fraction of sp³-hybridized carbons (Fsp3) is 0.167. The van der Waals surface area contributed by atoms with Crippen LogP contribution in [0.25, 0.3) is 11.3 Å². The van der Waals surface area contributed by atoms with E-state index in [1.54, 1.807) is 7.11 Å². The first-order chi connectivity index (χ1) is 10.8. The van der Waals surface area contributed by atoms with Crippen molar-refractivity contribution in [2.45, 2.75) is 13.1 Å². The minimum absolute atomic E-state index is 0.435. The Morgan fingerprint density at radius 3 is 2.41 bits per heavy atom. The Balaban J connectivity index is 1.97. The summed E-state index contributed by atoms with van der Waals surface area (Å²) >= 11 is 0. The summed E-state index contributed by atoms with van der Waals surface area (Å²) in [4.78, 5) is 0. The van der Waals surface area contributed by atoms with Crippen LogP contribution in [0.2, 0.25) is 0 Å². The van der Waals surface area contributed by atoms with Crippen LogP contribution >= 0.6 is 0 Å². The molecule has 4 heteroatoms. The first kappa shape index (κ1) is 14.4. The molecule has 0 aliphatic carbocycles. The number of hydrogen-bond acceptors (Lipinski definition) is 3. The molecule has 0 bridgehead atoms. The summed E-state index contributed by atoms with van der Waals surface area (Å²) in [7, 11) is 1.67. The van der Waals surface area contributed by atoms with Crippen LogP contribution in [0.5, 0.6) is 5.75 Å². The standard InChI is InChI=1S/C18H19N3O/c1-22-17-9-7-15(8-10-17)18-11-16(12-19)20-21(18)13-14-5-3-2-4-6-14/h2-11H,12-13,19H2,1H3. The molecule has 2 N–H and O–H groups in total. The monoisotopic (exact) mass is 293 g/mol. The summed E-state index contributed by atoms with van der Waals surface area (Å²) in [6.45, 7) is 1.16. The highest BCUT2D eigenvalue weighted by Crippen LogP contribution is 2.24. The van der Waals surface area contributed by atoms with Crippen LogP contribution in [-0.4, -0.2) is 16.9 Å². The second-order valence-electron chi connectivity index (χ2n) is 5.10. The van der Waals surface area contributed by atoms with Gasteiger partial charge in [-0.25, -0.2) is 0 Å². The lowest BCUT2D eigenvalue weighted by Crippen LogP contribution is -2.05. The van der Waals surface area contributed by atoms with E-state index in [9.17, 15) is 0 Å². The van der Waals surface area contributed by atoms with E-state index in [-0.39, 0.29) is 0 Å². The van der Waals surface area contributed by atoms with Gasteiger partial charge < -0.3 is 10.5 Å². The van der Waals surface area contributed by atoms with Crippen LogP contribution in [0, 0.1) is 0 Å². The Bertz CT molecular complexity index is 733. The Hall–Kier alpha value is -2.59. The zero-order chi connectivity index (χ0) is 15.4. The number of rotatable bonds is 5. The van der Waals surface area contributed by atoms with E-state index < -0.39 is 0 Å². The van der Waals surface area contributed by atoms with Crippen LogP contribution in [-0.2, 0) is 13.1 Å². The molecule has 22 heavy (non-hydrogen) atoms. The molecule has 1 aromatic heterocycles. The summed E-state index contributed by atoms with van der Waals surface area (Å²) in [5, 5.41) is 4.60. The van der Waals surface area contributed by atoms with Crippen molar-refractivity contribution in [1.82, 2.24) is 9.78 Å². The SMILES string of the molecule is COc1ccc(-c2cc(CN)nn2Cc2ccccc2)cc1. The van der Waals surface area contributed by atoms with Gasteiger partial charge in [0, 0.05) is 12.1 Å². The number of benzene rings is 2. The van der Waals surface area contributed by atoms with E-state index >= 15 is 0 Å². The van der Waals surface area contributed by atoms with Gasteiger partial charge in [0.05, 0.1) is 25.0 Å². The quantitative estimate of drug-likeness (QED) is 0.786. The first-order valence-electron chi connectivity index (χ1n) is 7.25. The van der Waals surface area contributed by atoms with E-state index in [0.717, 1.165) is 29.2 Å². The van der Waals surface area contributed by atoms with Gasteiger partial charge >= 0.3 is 0 Å². The number of aromatic nitrogens is 2. The minimum Gasteiger partial charge on any atom is -0.497 e. The van der Waals surface area contributed by atoms with Crippen molar-refractivity contribution in [3.8, 4) is 17.0 Å². The zero-order valence-electron chi connectivity index (χ0n) is 12.6. The lowest BCUT2D eigenvalue weighted by molar-refractivity contribution is 0.415. The molecule has 112 valence electrons. The molecule has 2 aromatic carbocycles. The lowest BCUT2D eigenvalue weighted by atomic mass is 10.1. The Kier molecular flexibility index (Phi) is 4.21. The van der Waals surface area contributed by atoms with Gasteiger partial charge in [-0.2, -0.15) is 5.10 Å². The zero-order valence-corrected chi connectivity index (χ0v) is 12.6. The van der Waals surface area contributed by atoms with E-state index in [2.05, 4.69) is 17.2 Å². The van der Waals surface area contributed by atoms with Crippen molar-refractivity contribution in [1.29, 1.82) is 0 Å². The van der Waals surface area contributed by atoms with Crippen molar-refractivity contribution < 1.29 is 4.74 Å². The largest absolute Gasteiger partial charge is 0.497 e. The fourth-order valence-corrected chi connectivity index (χ4v) is 2.44. The third-order valence-corrected chi connectivity index (χ3v) is 3.60. The second kappa shape index (κ2) is 6.45. The molecule has 0 amide bonds. The van der Waals surface area contributed by atoms with Gasteiger partial charge in [-0.3, -0.25) is 4.68 Å². The predicted octanol–water partition coefficient (Wildman–Crippen LogP) is 3.07. The third-order valence-electron chi connectivity index (χ3n) is 3.60. The molecule has 0 fully saturated rings.